The van der Waals surface area contributed by atoms with E-state index < -0.39 is 4.92 Å². The summed E-state index contributed by atoms with van der Waals surface area (Å²) in [6.45, 7) is 4.62. The van der Waals surface area contributed by atoms with E-state index in [1.807, 2.05) is 4.90 Å². The monoisotopic (exact) mass is 278 g/mol. The largest absolute Gasteiger partial charge is 0.464 e. The Morgan fingerprint density at radius 1 is 1.55 bits per heavy atom. The zero-order valence-electron chi connectivity index (χ0n) is 11.7. The molecular weight excluding hydrogens is 260 g/mol. The van der Waals surface area contributed by atoms with Gasteiger partial charge in [0.25, 0.3) is 5.69 Å². The van der Waals surface area contributed by atoms with Gasteiger partial charge >= 0.3 is 5.97 Å². The molecule has 1 atom stereocenters. The number of rotatable bonds is 4. The standard InChI is InChI=1S/C14H18N2O4/c1-3-20-14(17)13-5-4-8-15(13)11-6-7-12(16(18)19)10(2)9-11/h6-7,9,13H,3-5,8H2,1-2H3. The van der Waals surface area contributed by atoms with Crippen LogP contribution in [-0.2, 0) is 9.53 Å². The third-order valence-corrected chi connectivity index (χ3v) is 3.52. The summed E-state index contributed by atoms with van der Waals surface area (Å²) in [6, 6.07) is 4.67. The van der Waals surface area contributed by atoms with Crippen LogP contribution in [0.3, 0.4) is 0 Å². The molecule has 1 aromatic carbocycles. The van der Waals surface area contributed by atoms with Gasteiger partial charge in [0.15, 0.2) is 0 Å². The topological polar surface area (TPSA) is 72.7 Å². The maximum Gasteiger partial charge on any atom is 0.328 e. The number of nitrogens with zero attached hydrogens (tertiary/aromatic N) is 2. The molecule has 1 aliphatic heterocycles. The molecular formula is C14H18N2O4. The molecule has 6 heteroatoms. The molecule has 0 radical (unpaired) electrons. The van der Waals surface area contributed by atoms with E-state index in [1.54, 1.807) is 26.0 Å². The molecule has 6 nitrogen and oxygen atoms in total. The van der Waals surface area contributed by atoms with E-state index in [1.165, 1.54) is 6.07 Å². The Labute approximate surface area is 117 Å². The fourth-order valence-corrected chi connectivity index (χ4v) is 2.58. The molecule has 1 aliphatic rings. The van der Waals surface area contributed by atoms with E-state index in [9.17, 15) is 14.9 Å². The number of carbonyl (C=O) groups excluding carboxylic acids is 1. The average molecular weight is 278 g/mol. The van der Waals surface area contributed by atoms with Crippen LogP contribution in [0.2, 0.25) is 0 Å². The second-order valence-corrected chi connectivity index (χ2v) is 4.83. The van der Waals surface area contributed by atoms with Crippen LogP contribution < -0.4 is 4.90 Å². The van der Waals surface area contributed by atoms with Crippen LogP contribution in [0.15, 0.2) is 18.2 Å². The molecule has 108 valence electrons. The highest BCUT2D eigenvalue weighted by Gasteiger charge is 2.32. The number of hydrogen-bond donors (Lipinski definition) is 0. The van der Waals surface area contributed by atoms with Gasteiger partial charge in [-0.3, -0.25) is 10.1 Å². The van der Waals surface area contributed by atoms with Crippen molar-refractivity contribution >= 4 is 17.3 Å². The number of hydrogen-bond acceptors (Lipinski definition) is 5. The van der Waals surface area contributed by atoms with Gasteiger partial charge in [-0.15, -0.1) is 0 Å². The third kappa shape index (κ3) is 2.74. The van der Waals surface area contributed by atoms with E-state index in [0.29, 0.717) is 12.2 Å². The first-order chi connectivity index (χ1) is 9.54. The van der Waals surface area contributed by atoms with Crippen LogP contribution in [-0.4, -0.2) is 30.1 Å². The molecule has 1 saturated heterocycles. The number of benzene rings is 1. The van der Waals surface area contributed by atoms with Gasteiger partial charge in [-0.2, -0.15) is 0 Å². The summed E-state index contributed by atoms with van der Waals surface area (Å²) in [6.07, 6.45) is 1.67. The Morgan fingerprint density at radius 2 is 2.30 bits per heavy atom. The van der Waals surface area contributed by atoms with E-state index in [2.05, 4.69) is 0 Å². The zero-order valence-corrected chi connectivity index (χ0v) is 11.7. The van der Waals surface area contributed by atoms with Gasteiger partial charge in [-0.25, -0.2) is 4.79 Å². The number of ether oxygens (including phenoxy) is 1. The Hall–Kier alpha value is -2.11. The summed E-state index contributed by atoms with van der Waals surface area (Å²) >= 11 is 0. The van der Waals surface area contributed by atoms with E-state index in [0.717, 1.165) is 25.1 Å². The van der Waals surface area contributed by atoms with Gasteiger partial charge in [0.05, 0.1) is 11.5 Å². The van der Waals surface area contributed by atoms with Crippen LogP contribution >= 0.6 is 0 Å². The van der Waals surface area contributed by atoms with Gasteiger partial charge < -0.3 is 9.64 Å². The second kappa shape index (κ2) is 5.90. The molecule has 0 N–H and O–H groups in total. The first-order valence-corrected chi connectivity index (χ1v) is 6.73. The lowest BCUT2D eigenvalue weighted by molar-refractivity contribution is -0.385. The van der Waals surface area contributed by atoms with Crippen molar-refractivity contribution in [2.75, 3.05) is 18.1 Å². The summed E-state index contributed by atoms with van der Waals surface area (Å²) in [4.78, 5) is 24.3. The summed E-state index contributed by atoms with van der Waals surface area (Å²) < 4.78 is 5.08. The summed E-state index contributed by atoms with van der Waals surface area (Å²) in [5.41, 5.74) is 1.53. The molecule has 0 aliphatic carbocycles. The van der Waals surface area contributed by atoms with E-state index in [-0.39, 0.29) is 17.7 Å². The van der Waals surface area contributed by atoms with Crippen molar-refractivity contribution in [1.82, 2.24) is 0 Å². The highest BCUT2D eigenvalue weighted by molar-refractivity contribution is 5.81. The first-order valence-electron chi connectivity index (χ1n) is 6.73. The predicted molar refractivity (Wildman–Crippen MR) is 74.8 cm³/mol. The molecule has 0 aromatic heterocycles. The van der Waals surface area contributed by atoms with Crippen LogP contribution in [0, 0.1) is 17.0 Å². The van der Waals surface area contributed by atoms with Gasteiger partial charge in [-0.05, 0) is 38.8 Å². The minimum Gasteiger partial charge on any atom is -0.464 e. The smallest absolute Gasteiger partial charge is 0.328 e. The number of nitro groups is 1. The Bertz CT molecular complexity index is 530. The highest BCUT2D eigenvalue weighted by atomic mass is 16.6. The maximum atomic E-state index is 11.9. The second-order valence-electron chi connectivity index (χ2n) is 4.83. The fourth-order valence-electron chi connectivity index (χ4n) is 2.58. The van der Waals surface area contributed by atoms with Crippen LogP contribution in [0.1, 0.15) is 25.3 Å². The fraction of sp³-hybridized carbons (Fsp3) is 0.500. The minimum absolute atomic E-state index is 0.0978. The number of nitro benzene ring substituents is 1. The quantitative estimate of drug-likeness (QED) is 0.480. The van der Waals surface area contributed by atoms with E-state index >= 15 is 0 Å². The molecule has 0 spiro atoms. The lowest BCUT2D eigenvalue weighted by Crippen LogP contribution is -2.37. The lowest BCUT2D eigenvalue weighted by Gasteiger charge is -2.25. The molecule has 20 heavy (non-hydrogen) atoms. The first kappa shape index (κ1) is 14.3. The van der Waals surface area contributed by atoms with Crippen molar-refractivity contribution in [3.63, 3.8) is 0 Å². The number of esters is 1. The van der Waals surface area contributed by atoms with Crippen LogP contribution in [0.4, 0.5) is 11.4 Å². The molecule has 0 saturated carbocycles. The molecule has 2 rings (SSSR count). The van der Waals surface area contributed by atoms with E-state index in [4.69, 9.17) is 4.74 Å². The summed E-state index contributed by atoms with van der Waals surface area (Å²) in [7, 11) is 0. The van der Waals surface area contributed by atoms with Crippen LogP contribution in [0.25, 0.3) is 0 Å². The zero-order chi connectivity index (χ0) is 14.7. The normalized spacial score (nSPS) is 18.1. The number of anilines is 1. The van der Waals surface area contributed by atoms with Gasteiger partial charge in [-0.1, -0.05) is 0 Å². The molecule has 0 bridgehead atoms. The maximum absolute atomic E-state index is 11.9. The minimum atomic E-state index is -0.397. The average Bonchev–Trinajstić information content (AvgIpc) is 2.87. The Kier molecular flexibility index (Phi) is 4.22. The molecule has 0 amide bonds. The molecule has 1 heterocycles. The summed E-state index contributed by atoms with van der Waals surface area (Å²) in [5.74, 6) is -0.221. The number of aryl methyl sites for hydroxylation is 1. The third-order valence-electron chi connectivity index (χ3n) is 3.52. The van der Waals surface area contributed by atoms with Crippen molar-refractivity contribution in [3.8, 4) is 0 Å². The van der Waals surface area contributed by atoms with Crippen LogP contribution in [0.5, 0.6) is 0 Å². The van der Waals surface area contributed by atoms with Gasteiger partial charge in [0.2, 0.25) is 0 Å². The Balaban J connectivity index is 2.24. The molecule has 1 fully saturated rings. The molecule has 1 aromatic rings. The Morgan fingerprint density at radius 3 is 2.90 bits per heavy atom. The van der Waals surface area contributed by atoms with Gasteiger partial charge in [0, 0.05) is 23.9 Å². The van der Waals surface area contributed by atoms with Gasteiger partial charge in [0.1, 0.15) is 6.04 Å². The SMILES string of the molecule is CCOC(=O)C1CCCN1c1ccc([N+](=O)[O-])c(C)c1. The van der Waals surface area contributed by atoms with Crippen molar-refractivity contribution in [2.24, 2.45) is 0 Å². The molecule has 1 unspecified atom stereocenters. The van der Waals surface area contributed by atoms with Crippen molar-refractivity contribution in [3.05, 3.63) is 33.9 Å². The number of carbonyl (C=O) groups is 1. The predicted octanol–water partition coefficient (Wildman–Crippen LogP) is 2.44. The highest BCUT2D eigenvalue weighted by Crippen LogP contribution is 2.30. The van der Waals surface area contributed by atoms with Crippen molar-refractivity contribution in [1.29, 1.82) is 0 Å². The van der Waals surface area contributed by atoms with Crippen molar-refractivity contribution in [2.45, 2.75) is 32.7 Å². The lowest BCUT2D eigenvalue weighted by atomic mass is 10.1. The summed E-state index contributed by atoms with van der Waals surface area (Å²) in [5, 5.41) is 10.8. The van der Waals surface area contributed by atoms with Crippen molar-refractivity contribution < 1.29 is 14.5 Å².